The zero-order valence-electron chi connectivity index (χ0n) is 15.9. The Morgan fingerprint density at radius 2 is 1.12 bits per heavy atom. The fourth-order valence-corrected chi connectivity index (χ4v) is 2.20. The Balaban J connectivity index is -0.000000116. The standard InChI is InChI=1S/2C7H9.C6H11.CH3.2ClH.Zr/c2*1-6-4-3-5-7(6)2;1-2-4-6-5-3-1;;;;/h2*4H,3H2,1-2H3;1H,2-6H2;1H3;2*1H;/q4*-1;;;+2/p-2. The third kappa shape index (κ3) is 14.7. The topological polar surface area (TPSA) is 0 Å². The van der Waals surface area contributed by atoms with Crippen molar-refractivity contribution in [2.24, 2.45) is 0 Å². The van der Waals surface area contributed by atoms with Crippen molar-refractivity contribution in [3.8, 4) is 0 Å². The normalized spacial score (nSPS) is 17.2. The van der Waals surface area contributed by atoms with E-state index in [-0.39, 0.29) is 58.4 Å². The maximum absolute atomic E-state index is 3.19. The molecule has 0 spiro atoms. The monoisotopic (exact) mass is 444 g/mol. The van der Waals surface area contributed by atoms with Crippen molar-refractivity contribution in [3.63, 3.8) is 0 Å². The number of allylic oxidation sites excluding steroid dienone is 8. The van der Waals surface area contributed by atoms with Gasteiger partial charge in [-0.15, -0.1) is 26.7 Å². The van der Waals surface area contributed by atoms with E-state index in [0.29, 0.717) is 0 Å². The molecule has 3 aliphatic rings. The molecule has 3 rings (SSSR count). The first-order chi connectivity index (χ1) is 9.61. The van der Waals surface area contributed by atoms with Gasteiger partial charge in [0.2, 0.25) is 0 Å². The summed E-state index contributed by atoms with van der Waals surface area (Å²) >= 11 is 0. The van der Waals surface area contributed by atoms with Gasteiger partial charge in [-0.2, -0.15) is 25.0 Å². The first-order valence-corrected chi connectivity index (χ1v) is 7.92. The van der Waals surface area contributed by atoms with Crippen LogP contribution in [0.5, 0.6) is 0 Å². The second kappa shape index (κ2) is 19.7. The van der Waals surface area contributed by atoms with E-state index in [1.807, 2.05) is 0 Å². The van der Waals surface area contributed by atoms with E-state index in [1.54, 1.807) is 0 Å². The van der Waals surface area contributed by atoms with Gasteiger partial charge in [0.25, 0.3) is 0 Å². The Labute approximate surface area is 183 Å². The summed E-state index contributed by atoms with van der Waals surface area (Å²) in [4.78, 5) is 0. The SMILES string of the molecule is CC1=[C-]CC=C1C.CC1=[C-]CC=C1C.[CH-]1CCCCC1.[CH3-].[Cl-].[Cl-].[Zr+2]. The van der Waals surface area contributed by atoms with Crippen LogP contribution in [0.4, 0.5) is 0 Å². The summed E-state index contributed by atoms with van der Waals surface area (Å²) < 4.78 is 0. The molecule has 0 heterocycles. The zero-order valence-corrected chi connectivity index (χ0v) is 19.9. The predicted molar refractivity (Wildman–Crippen MR) is 95.4 cm³/mol. The van der Waals surface area contributed by atoms with Crippen LogP contribution in [0.1, 0.15) is 72.6 Å². The number of hydrogen-bond acceptors (Lipinski definition) is 0. The van der Waals surface area contributed by atoms with Crippen LogP contribution in [0.3, 0.4) is 0 Å². The van der Waals surface area contributed by atoms with Crippen LogP contribution in [-0.4, -0.2) is 0 Å². The van der Waals surface area contributed by atoms with Gasteiger partial charge in [0, 0.05) is 0 Å². The van der Waals surface area contributed by atoms with Crippen LogP contribution in [0.2, 0.25) is 0 Å². The largest absolute Gasteiger partial charge is 2.00 e. The summed E-state index contributed by atoms with van der Waals surface area (Å²) in [5.74, 6) is 0. The molecule has 0 aromatic rings. The molecule has 0 nitrogen and oxygen atoms in total. The first-order valence-electron chi connectivity index (χ1n) is 7.92. The van der Waals surface area contributed by atoms with Gasteiger partial charge in [0.05, 0.1) is 0 Å². The van der Waals surface area contributed by atoms with Crippen LogP contribution in [0, 0.1) is 26.0 Å². The van der Waals surface area contributed by atoms with E-state index in [4.69, 9.17) is 0 Å². The fraction of sp³-hybridized carbons (Fsp3) is 0.524. The van der Waals surface area contributed by atoms with Crippen LogP contribution in [0.25, 0.3) is 0 Å². The fourth-order valence-electron chi connectivity index (χ4n) is 2.20. The maximum atomic E-state index is 3.19. The molecule has 3 aliphatic carbocycles. The molecule has 24 heavy (non-hydrogen) atoms. The van der Waals surface area contributed by atoms with Gasteiger partial charge >= 0.3 is 26.2 Å². The van der Waals surface area contributed by atoms with Gasteiger partial charge in [0.15, 0.2) is 0 Å². The quantitative estimate of drug-likeness (QED) is 0.483. The Bertz CT molecular complexity index is 336. The van der Waals surface area contributed by atoms with Crippen molar-refractivity contribution in [1.29, 1.82) is 0 Å². The van der Waals surface area contributed by atoms with Gasteiger partial charge in [-0.3, -0.25) is 12.2 Å². The summed E-state index contributed by atoms with van der Waals surface area (Å²) in [5, 5.41) is 0. The second-order valence-corrected chi connectivity index (χ2v) is 5.71. The molecular weight excluding hydrogens is 414 g/mol. The predicted octanol–water partition coefficient (Wildman–Crippen LogP) is 0.782. The maximum Gasteiger partial charge on any atom is 2.00 e. The van der Waals surface area contributed by atoms with E-state index in [9.17, 15) is 0 Å². The van der Waals surface area contributed by atoms with Crippen LogP contribution in [0.15, 0.2) is 34.4 Å². The van der Waals surface area contributed by atoms with Crippen molar-refractivity contribution < 1.29 is 51.0 Å². The van der Waals surface area contributed by atoms with Gasteiger partial charge in [-0.25, -0.2) is 22.3 Å². The molecule has 0 aliphatic heterocycles. The van der Waals surface area contributed by atoms with Crippen LogP contribution >= 0.6 is 0 Å². The average molecular weight is 447 g/mol. The second-order valence-electron chi connectivity index (χ2n) is 5.71. The van der Waals surface area contributed by atoms with Crippen molar-refractivity contribution in [1.82, 2.24) is 0 Å². The molecule has 0 unspecified atom stereocenters. The molecule has 0 N–H and O–H groups in total. The van der Waals surface area contributed by atoms with E-state index in [1.165, 1.54) is 54.4 Å². The van der Waals surface area contributed by atoms with E-state index in [0.717, 1.165) is 12.8 Å². The van der Waals surface area contributed by atoms with Crippen molar-refractivity contribution in [2.75, 3.05) is 0 Å². The smallest absolute Gasteiger partial charge is 1.00 e. The van der Waals surface area contributed by atoms with Gasteiger partial charge in [-0.1, -0.05) is 33.1 Å². The van der Waals surface area contributed by atoms with Crippen molar-refractivity contribution in [2.45, 2.75) is 72.6 Å². The molecule has 0 bridgehead atoms. The Morgan fingerprint density at radius 3 is 1.21 bits per heavy atom. The Hall–Kier alpha value is 0.423. The first kappa shape index (κ1) is 32.1. The summed E-state index contributed by atoms with van der Waals surface area (Å²) in [6.07, 6.45) is 22.3. The van der Waals surface area contributed by atoms with Crippen molar-refractivity contribution in [3.05, 3.63) is 60.4 Å². The average Bonchev–Trinajstić information content (AvgIpc) is 3.03. The third-order valence-corrected chi connectivity index (χ3v) is 4.05. The van der Waals surface area contributed by atoms with E-state index < -0.39 is 0 Å². The van der Waals surface area contributed by atoms with Crippen LogP contribution in [-0.2, 0) is 26.2 Å². The summed E-state index contributed by atoms with van der Waals surface area (Å²) in [6.45, 7) is 8.43. The summed E-state index contributed by atoms with van der Waals surface area (Å²) in [7, 11) is 0. The van der Waals surface area contributed by atoms with E-state index in [2.05, 4.69) is 58.4 Å². The van der Waals surface area contributed by atoms with Gasteiger partial charge < -0.3 is 38.7 Å². The van der Waals surface area contributed by atoms with Crippen molar-refractivity contribution >= 4 is 0 Å². The molecule has 0 saturated heterocycles. The molecule has 138 valence electrons. The number of rotatable bonds is 0. The minimum atomic E-state index is 0. The third-order valence-electron chi connectivity index (χ3n) is 4.05. The summed E-state index contributed by atoms with van der Waals surface area (Å²) in [5.41, 5.74) is 5.42. The molecule has 0 radical (unpaired) electrons. The molecule has 0 atom stereocenters. The number of halogens is 2. The minimum Gasteiger partial charge on any atom is -1.00 e. The van der Waals surface area contributed by atoms with Crippen LogP contribution < -0.4 is 24.8 Å². The molecule has 0 aromatic carbocycles. The zero-order chi connectivity index (χ0) is 14.8. The van der Waals surface area contributed by atoms with E-state index >= 15 is 0 Å². The number of hydrogen-bond donors (Lipinski definition) is 0. The molecule has 1 fully saturated rings. The molecule has 1 saturated carbocycles. The molecule has 0 amide bonds. The van der Waals surface area contributed by atoms with Gasteiger partial charge in [0.1, 0.15) is 0 Å². The van der Waals surface area contributed by atoms with Gasteiger partial charge in [-0.05, 0) is 0 Å². The molecule has 0 aromatic heterocycles. The molecule has 3 heteroatoms. The Morgan fingerprint density at radius 1 is 0.750 bits per heavy atom. The minimum absolute atomic E-state index is 0. The summed E-state index contributed by atoms with van der Waals surface area (Å²) in [6, 6.07) is 0. The Kier molecular flexibility index (Phi) is 26.4. The molecular formula is C21H32Cl2Zr-4.